The fourth-order valence-electron chi connectivity index (χ4n) is 4.40. The van der Waals surface area contributed by atoms with Crippen LogP contribution in [-0.4, -0.2) is 40.6 Å². The molecule has 2 atom stereocenters. The fourth-order valence-corrected chi connectivity index (χ4v) is 5.36. The molecule has 0 bridgehead atoms. The molecule has 2 unspecified atom stereocenters. The predicted octanol–water partition coefficient (Wildman–Crippen LogP) is 3.00. The van der Waals surface area contributed by atoms with Gasteiger partial charge < -0.3 is 4.90 Å². The molecule has 0 aromatic carbocycles. The number of nitrogens with zero attached hydrogens (tertiary/aromatic N) is 1. The minimum atomic E-state index is 0.0147. The van der Waals surface area contributed by atoms with E-state index in [1.165, 1.54) is 51.4 Å². The van der Waals surface area contributed by atoms with Gasteiger partial charge in [-0.25, -0.2) is 0 Å². The van der Waals surface area contributed by atoms with Crippen molar-refractivity contribution in [2.45, 2.75) is 75.2 Å². The first-order valence-electron chi connectivity index (χ1n) is 8.27. The molecule has 4 heteroatoms. The fraction of sp³-hybridized carbons (Fsp3) is 0.938. The van der Waals surface area contributed by atoms with Gasteiger partial charge in [0.2, 0.25) is 5.91 Å². The lowest BCUT2D eigenvalue weighted by atomic mass is 10.0. The summed E-state index contributed by atoms with van der Waals surface area (Å²) in [5.41, 5.74) is 0. The summed E-state index contributed by atoms with van der Waals surface area (Å²) >= 11 is 1.99. The molecule has 3 aliphatic rings. The highest BCUT2D eigenvalue weighted by atomic mass is 32.2. The van der Waals surface area contributed by atoms with E-state index >= 15 is 0 Å². The van der Waals surface area contributed by atoms with E-state index < -0.39 is 0 Å². The molecule has 114 valence electrons. The van der Waals surface area contributed by atoms with E-state index in [0.29, 0.717) is 22.7 Å². The van der Waals surface area contributed by atoms with Crippen molar-refractivity contribution >= 4 is 17.7 Å². The summed E-state index contributed by atoms with van der Waals surface area (Å²) in [6.45, 7) is 3.00. The van der Waals surface area contributed by atoms with Gasteiger partial charge in [-0.2, -0.15) is 11.8 Å². The van der Waals surface area contributed by atoms with Gasteiger partial charge in [0.15, 0.2) is 0 Å². The van der Waals surface area contributed by atoms with Crippen LogP contribution in [0.5, 0.6) is 0 Å². The average Bonchev–Trinajstić information content (AvgIpc) is 3.17. The first-order valence-corrected chi connectivity index (χ1v) is 9.49. The Bertz CT molecular complexity index is 361. The molecule has 1 heterocycles. The van der Waals surface area contributed by atoms with Crippen molar-refractivity contribution in [3.05, 3.63) is 0 Å². The average molecular weight is 296 g/mol. The normalized spacial score (nSPS) is 34.3. The topological polar surface area (TPSA) is 32.3 Å². The van der Waals surface area contributed by atoms with Gasteiger partial charge >= 0.3 is 0 Å². The zero-order valence-electron chi connectivity index (χ0n) is 12.9. The first kappa shape index (κ1) is 14.7. The molecule has 0 spiro atoms. The predicted molar refractivity (Wildman–Crippen MR) is 84.8 cm³/mol. The third kappa shape index (κ3) is 2.61. The summed E-state index contributed by atoms with van der Waals surface area (Å²) in [4.78, 5) is 14.8. The van der Waals surface area contributed by atoms with Gasteiger partial charge in [0.25, 0.3) is 0 Å². The number of nitrogens with one attached hydrogen (secondary N) is 1. The third-order valence-corrected chi connectivity index (χ3v) is 7.07. The van der Waals surface area contributed by atoms with Crippen LogP contribution in [-0.2, 0) is 4.79 Å². The van der Waals surface area contributed by atoms with Gasteiger partial charge in [-0.05, 0) is 44.8 Å². The van der Waals surface area contributed by atoms with Crippen molar-refractivity contribution in [1.29, 1.82) is 0 Å². The van der Waals surface area contributed by atoms with Gasteiger partial charge in [0, 0.05) is 11.3 Å². The largest absolute Gasteiger partial charge is 0.324 e. The minimum absolute atomic E-state index is 0.0147. The van der Waals surface area contributed by atoms with Crippen LogP contribution in [0, 0.1) is 5.92 Å². The van der Waals surface area contributed by atoms with Gasteiger partial charge in [-0.3, -0.25) is 10.1 Å². The van der Waals surface area contributed by atoms with Crippen molar-refractivity contribution in [3.8, 4) is 0 Å². The summed E-state index contributed by atoms with van der Waals surface area (Å²) < 4.78 is 0.332. The highest BCUT2D eigenvalue weighted by Crippen LogP contribution is 2.42. The Morgan fingerprint density at radius 1 is 1.25 bits per heavy atom. The van der Waals surface area contributed by atoms with Crippen molar-refractivity contribution in [3.63, 3.8) is 0 Å². The Morgan fingerprint density at radius 2 is 1.90 bits per heavy atom. The van der Waals surface area contributed by atoms with Gasteiger partial charge in [0.05, 0.1) is 12.2 Å². The summed E-state index contributed by atoms with van der Waals surface area (Å²) in [5, 5.41) is 3.58. The van der Waals surface area contributed by atoms with Crippen LogP contribution in [0.4, 0.5) is 0 Å². The molecule has 20 heavy (non-hydrogen) atoms. The molecule has 1 N–H and O–H groups in total. The Hall–Kier alpha value is -0.220. The zero-order valence-corrected chi connectivity index (χ0v) is 13.7. The first-order chi connectivity index (χ1) is 9.65. The van der Waals surface area contributed by atoms with Crippen LogP contribution >= 0.6 is 11.8 Å². The van der Waals surface area contributed by atoms with Crippen molar-refractivity contribution in [1.82, 2.24) is 10.2 Å². The molecule has 1 saturated heterocycles. The van der Waals surface area contributed by atoms with E-state index in [1.807, 2.05) is 18.7 Å². The minimum Gasteiger partial charge on any atom is -0.324 e. The van der Waals surface area contributed by atoms with Crippen molar-refractivity contribution in [2.24, 2.45) is 5.92 Å². The van der Waals surface area contributed by atoms with E-state index in [-0.39, 0.29) is 6.04 Å². The highest BCUT2D eigenvalue weighted by Gasteiger charge is 2.45. The molecule has 0 radical (unpaired) electrons. The zero-order chi connectivity index (χ0) is 14.2. The standard InChI is InChI=1S/C16H28N2OS/c1-12-15(19)18(11-16(20-2)9-5-6-10-16)14(17-12)13-7-3-4-8-13/h12-14,17H,3-11H2,1-2H3. The molecule has 1 aliphatic heterocycles. The Labute approximate surface area is 127 Å². The molecule has 0 aromatic rings. The van der Waals surface area contributed by atoms with Gasteiger partial charge in [0.1, 0.15) is 0 Å². The van der Waals surface area contributed by atoms with Gasteiger partial charge in [-0.1, -0.05) is 25.7 Å². The molecular weight excluding hydrogens is 268 g/mol. The number of hydrogen-bond acceptors (Lipinski definition) is 3. The number of amides is 1. The van der Waals surface area contributed by atoms with Crippen molar-refractivity contribution in [2.75, 3.05) is 12.8 Å². The van der Waals surface area contributed by atoms with Crippen LogP contribution in [0.15, 0.2) is 0 Å². The molecule has 0 aromatic heterocycles. The van der Waals surface area contributed by atoms with E-state index in [2.05, 4.69) is 16.5 Å². The van der Waals surface area contributed by atoms with Gasteiger partial charge in [-0.15, -0.1) is 0 Å². The van der Waals surface area contributed by atoms with Crippen molar-refractivity contribution < 1.29 is 4.79 Å². The summed E-state index contributed by atoms with van der Waals surface area (Å²) in [6, 6.07) is 0.0147. The maximum Gasteiger partial charge on any atom is 0.240 e. The molecular formula is C16H28N2OS. The van der Waals surface area contributed by atoms with E-state index in [0.717, 1.165) is 6.54 Å². The monoisotopic (exact) mass is 296 g/mol. The number of hydrogen-bond donors (Lipinski definition) is 1. The van der Waals surface area contributed by atoms with Crippen LogP contribution in [0.3, 0.4) is 0 Å². The van der Waals surface area contributed by atoms with E-state index in [4.69, 9.17) is 0 Å². The van der Waals surface area contributed by atoms with Crippen LogP contribution in [0.25, 0.3) is 0 Å². The molecule has 3 nitrogen and oxygen atoms in total. The number of carbonyl (C=O) groups is 1. The van der Waals surface area contributed by atoms with Crippen LogP contribution in [0.2, 0.25) is 0 Å². The molecule has 2 saturated carbocycles. The second-order valence-electron chi connectivity index (χ2n) is 6.94. The van der Waals surface area contributed by atoms with E-state index in [1.54, 1.807) is 0 Å². The van der Waals surface area contributed by atoms with Crippen LogP contribution in [0.1, 0.15) is 58.3 Å². The number of carbonyl (C=O) groups excluding carboxylic acids is 1. The summed E-state index contributed by atoms with van der Waals surface area (Å²) in [7, 11) is 0. The lowest BCUT2D eigenvalue weighted by Crippen LogP contribution is -2.48. The molecule has 1 amide bonds. The highest BCUT2D eigenvalue weighted by molar-refractivity contribution is 8.00. The second-order valence-corrected chi connectivity index (χ2v) is 8.21. The Kier molecular flexibility index (Phi) is 4.32. The third-order valence-electron chi connectivity index (χ3n) is 5.66. The lowest BCUT2D eigenvalue weighted by Gasteiger charge is -2.37. The maximum atomic E-state index is 12.6. The van der Waals surface area contributed by atoms with Crippen LogP contribution < -0.4 is 5.32 Å². The smallest absolute Gasteiger partial charge is 0.240 e. The Morgan fingerprint density at radius 3 is 2.50 bits per heavy atom. The second kappa shape index (κ2) is 5.88. The lowest BCUT2D eigenvalue weighted by molar-refractivity contribution is -0.130. The molecule has 3 fully saturated rings. The maximum absolute atomic E-state index is 12.6. The Balaban J connectivity index is 1.75. The summed E-state index contributed by atoms with van der Waals surface area (Å²) in [6.07, 6.45) is 13.0. The van der Waals surface area contributed by atoms with E-state index in [9.17, 15) is 4.79 Å². The SMILES string of the molecule is CSC1(CN2C(=O)C(C)NC2C2CCCC2)CCCC1. The number of rotatable bonds is 4. The number of thioether (sulfide) groups is 1. The summed E-state index contributed by atoms with van der Waals surface area (Å²) in [5.74, 6) is 1.02. The molecule has 3 rings (SSSR count). The quantitative estimate of drug-likeness (QED) is 0.865. The molecule has 2 aliphatic carbocycles.